The molecular weight excluding hydrogens is 297 g/mol. The zero-order valence-electron chi connectivity index (χ0n) is 12.9. The van der Waals surface area contributed by atoms with Gasteiger partial charge in [-0.1, -0.05) is 30.3 Å². The van der Waals surface area contributed by atoms with Gasteiger partial charge in [0.25, 0.3) is 5.91 Å². The molecule has 2 aromatic rings. The van der Waals surface area contributed by atoms with E-state index in [2.05, 4.69) is 5.32 Å². The highest BCUT2D eigenvalue weighted by Gasteiger charge is 2.17. The number of carbonyl (C=O) groups excluding carboxylic acids is 1. The first kappa shape index (κ1) is 17.0. The molecule has 0 aromatic heterocycles. The van der Waals surface area contributed by atoms with Crippen molar-refractivity contribution < 1.29 is 19.4 Å². The fraction of sp³-hybridized carbons (Fsp3) is 0.278. The highest BCUT2D eigenvalue weighted by atomic mass is 19.1. The van der Waals surface area contributed by atoms with Crippen molar-refractivity contribution in [1.82, 2.24) is 5.32 Å². The Kier molecular flexibility index (Phi) is 5.71. The molecule has 2 rings (SSSR count). The molecule has 0 bridgehead atoms. The summed E-state index contributed by atoms with van der Waals surface area (Å²) >= 11 is 0. The molecule has 5 heteroatoms. The van der Waals surface area contributed by atoms with E-state index in [4.69, 9.17) is 0 Å². The Morgan fingerprint density at radius 2 is 1.91 bits per heavy atom. The van der Waals surface area contributed by atoms with Gasteiger partial charge in [-0.2, -0.15) is 0 Å². The van der Waals surface area contributed by atoms with E-state index in [-0.39, 0.29) is 23.8 Å². The van der Waals surface area contributed by atoms with Gasteiger partial charge < -0.3 is 15.5 Å². The lowest BCUT2D eigenvalue weighted by atomic mass is 9.93. The summed E-state index contributed by atoms with van der Waals surface area (Å²) in [7, 11) is 0. The number of nitrogens with one attached hydrogen (secondary N) is 1. The normalized spacial score (nSPS) is 13.3. The topological polar surface area (TPSA) is 69.6 Å². The van der Waals surface area contributed by atoms with Crippen LogP contribution in [0.4, 0.5) is 4.39 Å². The van der Waals surface area contributed by atoms with Gasteiger partial charge in [0, 0.05) is 18.5 Å². The average Bonchev–Trinajstić information content (AvgIpc) is 2.51. The lowest BCUT2D eigenvalue weighted by Crippen LogP contribution is -2.30. The van der Waals surface area contributed by atoms with Gasteiger partial charge >= 0.3 is 0 Å². The molecule has 0 heterocycles. The van der Waals surface area contributed by atoms with E-state index in [1.54, 1.807) is 6.92 Å². The maximum absolute atomic E-state index is 13.7. The molecule has 0 fully saturated rings. The molecule has 0 spiro atoms. The van der Waals surface area contributed by atoms with Crippen LogP contribution in [0.5, 0.6) is 5.75 Å². The molecule has 0 unspecified atom stereocenters. The summed E-state index contributed by atoms with van der Waals surface area (Å²) in [6.07, 6.45) is -0.0231. The van der Waals surface area contributed by atoms with Gasteiger partial charge in [-0.3, -0.25) is 4.79 Å². The van der Waals surface area contributed by atoms with Gasteiger partial charge in [0.05, 0.1) is 11.7 Å². The van der Waals surface area contributed by atoms with Crippen LogP contribution < -0.4 is 5.32 Å². The van der Waals surface area contributed by atoms with Gasteiger partial charge in [-0.15, -0.1) is 0 Å². The van der Waals surface area contributed by atoms with Crippen LogP contribution >= 0.6 is 0 Å². The van der Waals surface area contributed by atoms with Gasteiger partial charge in [-0.05, 0) is 31.0 Å². The van der Waals surface area contributed by atoms with Crippen LogP contribution in [-0.2, 0) is 0 Å². The van der Waals surface area contributed by atoms with E-state index < -0.39 is 17.8 Å². The van der Waals surface area contributed by atoms with Crippen LogP contribution in [0.2, 0.25) is 0 Å². The van der Waals surface area contributed by atoms with Gasteiger partial charge in [-0.25, -0.2) is 4.39 Å². The monoisotopic (exact) mass is 317 g/mol. The molecule has 0 saturated heterocycles. The average molecular weight is 317 g/mol. The number of aliphatic hydroxyl groups is 1. The summed E-state index contributed by atoms with van der Waals surface area (Å²) < 4.78 is 13.7. The maximum atomic E-state index is 13.7. The number of benzene rings is 2. The number of carbonyl (C=O) groups is 1. The van der Waals surface area contributed by atoms with Crippen molar-refractivity contribution in [3.8, 4) is 5.75 Å². The van der Waals surface area contributed by atoms with Crippen molar-refractivity contribution in [2.45, 2.75) is 25.4 Å². The fourth-order valence-electron chi connectivity index (χ4n) is 2.47. The first-order chi connectivity index (χ1) is 11.0. The summed E-state index contributed by atoms with van der Waals surface area (Å²) in [5.41, 5.74) is 0.881. The Bertz CT molecular complexity index is 659. The predicted octanol–water partition coefficient (Wildman–Crippen LogP) is 2.82. The molecule has 122 valence electrons. The third-order valence-corrected chi connectivity index (χ3v) is 3.60. The quantitative estimate of drug-likeness (QED) is 0.767. The minimum absolute atomic E-state index is 0.0691. The minimum atomic E-state index is -0.769. The van der Waals surface area contributed by atoms with Crippen molar-refractivity contribution in [3.05, 3.63) is 65.5 Å². The van der Waals surface area contributed by atoms with E-state index in [0.29, 0.717) is 6.42 Å². The molecule has 3 N–H and O–H groups in total. The molecule has 0 saturated carbocycles. The molecule has 0 radical (unpaired) electrons. The third-order valence-electron chi connectivity index (χ3n) is 3.60. The number of phenols is 1. The highest BCUT2D eigenvalue weighted by molar-refractivity contribution is 5.94. The number of hydrogen-bond donors (Lipinski definition) is 3. The Hall–Kier alpha value is -2.40. The second-order valence-electron chi connectivity index (χ2n) is 5.57. The SMILES string of the molecule is C[C@@H](O)C[C@H](CNC(=O)c1ccc(O)cc1F)c1ccccc1. The number of rotatable bonds is 6. The summed E-state index contributed by atoms with van der Waals surface area (Å²) in [4.78, 5) is 12.1. The smallest absolute Gasteiger partial charge is 0.254 e. The number of aliphatic hydroxyl groups excluding tert-OH is 1. The molecule has 1 amide bonds. The van der Waals surface area contributed by atoms with Crippen molar-refractivity contribution in [2.75, 3.05) is 6.54 Å². The van der Waals surface area contributed by atoms with Crippen molar-refractivity contribution >= 4 is 5.91 Å². The lowest BCUT2D eigenvalue weighted by Gasteiger charge is -2.19. The Labute approximate surface area is 134 Å². The van der Waals surface area contributed by atoms with E-state index in [0.717, 1.165) is 11.6 Å². The first-order valence-corrected chi connectivity index (χ1v) is 7.47. The van der Waals surface area contributed by atoms with E-state index in [1.165, 1.54) is 12.1 Å². The van der Waals surface area contributed by atoms with Crippen molar-refractivity contribution in [3.63, 3.8) is 0 Å². The largest absolute Gasteiger partial charge is 0.508 e. The van der Waals surface area contributed by atoms with Gasteiger partial charge in [0.1, 0.15) is 11.6 Å². The molecule has 0 aliphatic heterocycles. The molecule has 0 aliphatic carbocycles. The van der Waals surface area contributed by atoms with Crippen molar-refractivity contribution in [1.29, 1.82) is 0 Å². The summed E-state index contributed by atoms with van der Waals surface area (Å²) in [5, 5.41) is 21.5. The maximum Gasteiger partial charge on any atom is 0.254 e. The number of aromatic hydroxyl groups is 1. The zero-order chi connectivity index (χ0) is 16.8. The Balaban J connectivity index is 2.07. The second kappa shape index (κ2) is 7.74. The van der Waals surface area contributed by atoms with Crippen LogP contribution in [0.1, 0.15) is 35.2 Å². The number of amides is 1. The third kappa shape index (κ3) is 4.79. The Morgan fingerprint density at radius 1 is 1.22 bits per heavy atom. The van der Waals surface area contributed by atoms with Crippen LogP contribution in [0.25, 0.3) is 0 Å². The zero-order valence-corrected chi connectivity index (χ0v) is 12.9. The van der Waals surface area contributed by atoms with Crippen LogP contribution in [0.3, 0.4) is 0 Å². The summed E-state index contributed by atoms with van der Waals surface area (Å²) in [6.45, 7) is 1.98. The Morgan fingerprint density at radius 3 is 2.52 bits per heavy atom. The number of phenolic OH excluding ortho intramolecular Hbond substituents is 1. The highest BCUT2D eigenvalue weighted by Crippen LogP contribution is 2.21. The summed E-state index contributed by atoms with van der Waals surface area (Å²) in [5.74, 6) is -1.61. The first-order valence-electron chi connectivity index (χ1n) is 7.47. The molecule has 23 heavy (non-hydrogen) atoms. The second-order valence-corrected chi connectivity index (χ2v) is 5.57. The van der Waals surface area contributed by atoms with E-state index >= 15 is 0 Å². The van der Waals surface area contributed by atoms with Crippen LogP contribution in [0, 0.1) is 5.82 Å². The van der Waals surface area contributed by atoms with Gasteiger partial charge in [0.15, 0.2) is 0 Å². The molecule has 0 aliphatic rings. The van der Waals surface area contributed by atoms with Crippen LogP contribution in [0.15, 0.2) is 48.5 Å². The molecule has 4 nitrogen and oxygen atoms in total. The fourth-order valence-corrected chi connectivity index (χ4v) is 2.47. The van der Waals surface area contributed by atoms with Crippen molar-refractivity contribution in [2.24, 2.45) is 0 Å². The number of hydrogen-bond acceptors (Lipinski definition) is 3. The van der Waals surface area contributed by atoms with E-state index in [1.807, 2.05) is 30.3 Å². The molecule has 2 atom stereocenters. The molecular formula is C18H20FNO3. The predicted molar refractivity (Wildman–Crippen MR) is 85.9 cm³/mol. The van der Waals surface area contributed by atoms with E-state index in [9.17, 15) is 19.4 Å². The lowest BCUT2D eigenvalue weighted by molar-refractivity contribution is 0.0941. The standard InChI is InChI=1S/C18H20FNO3/c1-12(21)9-14(13-5-3-2-4-6-13)11-20-18(23)16-8-7-15(22)10-17(16)19/h2-8,10,12,14,21-22H,9,11H2,1H3,(H,20,23)/t12-,14-/m1/s1. The van der Waals surface area contributed by atoms with Crippen LogP contribution in [-0.4, -0.2) is 28.8 Å². The van der Waals surface area contributed by atoms with Gasteiger partial charge in [0.2, 0.25) is 0 Å². The minimum Gasteiger partial charge on any atom is -0.508 e. The number of halogens is 1. The summed E-state index contributed by atoms with van der Waals surface area (Å²) in [6, 6.07) is 13.0. The molecule has 2 aromatic carbocycles.